The fraction of sp³-hybridized carbons (Fsp3) is 0.0526. The minimum atomic E-state index is -0.0542. The van der Waals surface area contributed by atoms with Gasteiger partial charge in [0.05, 0.1) is 6.54 Å². The van der Waals surface area contributed by atoms with Crippen molar-refractivity contribution in [3.05, 3.63) is 89.1 Å². The van der Waals surface area contributed by atoms with E-state index >= 15 is 0 Å². The number of nitrogens with one attached hydrogen (secondary N) is 1. The molecule has 1 N–H and O–H groups in total. The Morgan fingerprint density at radius 1 is 1.00 bits per heavy atom. The Hall–Kier alpha value is -3.14. The van der Waals surface area contributed by atoms with Crippen LogP contribution >= 0.6 is 0 Å². The summed E-state index contributed by atoms with van der Waals surface area (Å²) in [5.74, 6) is 0. The minimum absolute atomic E-state index is 0.0542. The zero-order chi connectivity index (χ0) is 15.6. The van der Waals surface area contributed by atoms with Gasteiger partial charge in [-0.2, -0.15) is 5.10 Å². The van der Waals surface area contributed by atoms with Gasteiger partial charge in [0.1, 0.15) is 0 Å². The maximum atomic E-state index is 11.8. The smallest absolute Gasteiger partial charge is 0.255 e. The predicted molar refractivity (Wildman–Crippen MR) is 91.3 cm³/mol. The molecule has 2 heterocycles. The van der Waals surface area contributed by atoms with Crippen LogP contribution in [0.3, 0.4) is 0 Å². The number of nitrogens with zero attached hydrogens (tertiary/aromatic N) is 2. The summed E-state index contributed by atoms with van der Waals surface area (Å²) in [6.07, 6.45) is 5.42. The number of fused-ring (bicyclic) bond motifs is 1. The Bertz CT molecular complexity index is 1020. The van der Waals surface area contributed by atoms with Crippen molar-refractivity contribution in [2.45, 2.75) is 6.54 Å². The monoisotopic (exact) mass is 301 g/mol. The summed E-state index contributed by atoms with van der Waals surface area (Å²) in [6.45, 7) is 0.744. The molecular weight excluding hydrogens is 286 g/mol. The Balaban J connectivity index is 1.74. The van der Waals surface area contributed by atoms with E-state index in [0.29, 0.717) is 5.39 Å². The zero-order valence-electron chi connectivity index (χ0n) is 12.4. The SMILES string of the molecule is O=c1[nH]ccc2cc(-c3cccc(Cn4cccn4)c3)ccc12. The van der Waals surface area contributed by atoms with Crippen LogP contribution in [0.5, 0.6) is 0 Å². The van der Waals surface area contributed by atoms with Gasteiger partial charge in [0.15, 0.2) is 0 Å². The Morgan fingerprint density at radius 3 is 2.78 bits per heavy atom. The molecule has 0 aliphatic carbocycles. The van der Waals surface area contributed by atoms with Gasteiger partial charge in [-0.25, -0.2) is 0 Å². The quantitative estimate of drug-likeness (QED) is 0.630. The first-order valence-corrected chi connectivity index (χ1v) is 7.48. The van der Waals surface area contributed by atoms with Crippen molar-refractivity contribution in [1.29, 1.82) is 0 Å². The second-order valence-electron chi connectivity index (χ2n) is 5.51. The van der Waals surface area contributed by atoms with Gasteiger partial charge in [0, 0.05) is 24.0 Å². The number of hydrogen-bond acceptors (Lipinski definition) is 2. The summed E-state index contributed by atoms with van der Waals surface area (Å²) in [6, 6.07) is 18.2. The lowest BCUT2D eigenvalue weighted by molar-refractivity contribution is 0.687. The molecule has 0 saturated carbocycles. The first-order chi connectivity index (χ1) is 11.3. The van der Waals surface area contributed by atoms with E-state index in [4.69, 9.17) is 0 Å². The van der Waals surface area contributed by atoms with E-state index in [1.165, 1.54) is 5.56 Å². The first-order valence-electron chi connectivity index (χ1n) is 7.48. The van der Waals surface area contributed by atoms with Gasteiger partial charge in [0.25, 0.3) is 5.56 Å². The molecule has 0 atom stereocenters. The van der Waals surface area contributed by atoms with Gasteiger partial charge in [-0.3, -0.25) is 9.48 Å². The number of aromatic amines is 1. The molecule has 0 aliphatic heterocycles. The molecule has 0 bridgehead atoms. The van der Waals surface area contributed by atoms with Crippen molar-refractivity contribution in [3.8, 4) is 11.1 Å². The summed E-state index contributed by atoms with van der Waals surface area (Å²) in [4.78, 5) is 14.5. The first kappa shape index (κ1) is 13.5. The molecule has 2 aromatic carbocycles. The number of H-pyrrole nitrogens is 1. The predicted octanol–water partition coefficient (Wildman–Crippen LogP) is 3.44. The topological polar surface area (TPSA) is 50.7 Å². The molecule has 0 fully saturated rings. The number of benzene rings is 2. The lowest BCUT2D eigenvalue weighted by Crippen LogP contribution is -2.04. The second kappa shape index (κ2) is 5.57. The largest absolute Gasteiger partial charge is 0.329 e. The van der Waals surface area contributed by atoms with Crippen LogP contribution in [-0.2, 0) is 6.54 Å². The molecule has 0 saturated heterocycles. The fourth-order valence-electron chi connectivity index (χ4n) is 2.80. The standard InChI is InChI=1S/C19H15N3O/c23-19-18-6-5-16(12-17(18)7-9-20-19)15-4-1-3-14(11-15)13-22-10-2-8-21-22/h1-12H,13H2,(H,20,23). The van der Waals surface area contributed by atoms with Crippen LogP contribution in [-0.4, -0.2) is 14.8 Å². The van der Waals surface area contributed by atoms with Gasteiger partial charge < -0.3 is 4.98 Å². The van der Waals surface area contributed by atoms with E-state index in [-0.39, 0.29) is 5.56 Å². The normalized spacial score (nSPS) is 11.0. The zero-order valence-corrected chi connectivity index (χ0v) is 12.4. The second-order valence-corrected chi connectivity index (χ2v) is 5.51. The van der Waals surface area contributed by atoms with E-state index < -0.39 is 0 Å². The van der Waals surface area contributed by atoms with Crippen molar-refractivity contribution >= 4 is 10.8 Å². The van der Waals surface area contributed by atoms with Gasteiger partial charge >= 0.3 is 0 Å². The van der Waals surface area contributed by atoms with Crippen LogP contribution in [0.15, 0.2) is 78.0 Å². The number of pyridine rings is 1. The van der Waals surface area contributed by atoms with Crippen LogP contribution in [0.25, 0.3) is 21.9 Å². The van der Waals surface area contributed by atoms with Crippen molar-refractivity contribution in [3.63, 3.8) is 0 Å². The van der Waals surface area contributed by atoms with E-state index in [2.05, 4.69) is 40.4 Å². The minimum Gasteiger partial charge on any atom is -0.329 e. The van der Waals surface area contributed by atoms with Crippen LogP contribution in [0.4, 0.5) is 0 Å². The van der Waals surface area contributed by atoms with Gasteiger partial charge in [-0.1, -0.05) is 24.3 Å². The molecule has 23 heavy (non-hydrogen) atoms. The molecule has 4 rings (SSSR count). The summed E-state index contributed by atoms with van der Waals surface area (Å²) in [5, 5.41) is 5.90. The summed E-state index contributed by atoms with van der Waals surface area (Å²) in [7, 11) is 0. The summed E-state index contributed by atoms with van der Waals surface area (Å²) < 4.78 is 1.90. The van der Waals surface area contributed by atoms with Crippen LogP contribution in [0.2, 0.25) is 0 Å². The highest BCUT2D eigenvalue weighted by atomic mass is 16.1. The van der Waals surface area contributed by atoms with E-state index in [9.17, 15) is 4.79 Å². The number of rotatable bonds is 3. The van der Waals surface area contributed by atoms with E-state index in [0.717, 1.165) is 23.1 Å². The molecule has 0 amide bonds. The highest BCUT2D eigenvalue weighted by Gasteiger charge is 2.03. The van der Waals surface area contributed by atoms with Crippen molar-refractivity contribution in [2.75, 3.05) is 0 Å². The third-order valence-corrected chi connectivity index (χ3v) is 3.94. The Labute approximate surface area is 133 Å². The third kappa shape index (κ3) is 2.66. The maximum Gasteiger partial charge on any atom is 0.255 e. The van der Waals surface area contributed by atoms with Crippen LogP contribution in [0.1, 0.15) is 5.56 Å². The van der Waals surface area contributed by atoms with Crippen molar-refractivity contribution in [1.82, 2.24) is 14.8 Å². The number of aromatic nitrogens is 3. The average Bonchev–Trinajstić information content (AvgIpc) is 3.08. The van der Waals surface area contributed by atoms with Crippen LogP contribution in [0, 0.1) is 0 Å². The molecule has 0 radical (unpaired) electrons. The molecule has 4 nitrogen and oxygen atoms in total. The van der Waals surface area contributed by atoms with Crippen molar-refractivity contribution < 1.29 is 0 Å². The summed E-state index contributed by atoms with van der Waals surface area (Å²) >= 11 is 0. The summed E-state index contributed by atoms with van der Waals surface area (Å²) in [5.41, 5.74) is 3.38. The lowest BCUT2D eigenvalue weighted by atomic mass is 10.0. The van der Waals surface area contributed by atoms with E-state index in [1.807, 2.05) is 35.1 Å². The molecule has 112 valence electrons. The van der Waals surface area contributed by atoms with Gasteiger partial charge in [-0.15, -0.1) is 0 Å². The Kier molecular flexibility index (Phi) is 3.27. The van der Waals surface area contributed by atoms with E-state index in [1.54, 1.807) is 12.4 Å². The molecular formula is C19H15N3O. The van der Waals surface area contributed by atoms with Crippen LogP contribution < -0.4 is 5.56 Å². The Morgan fingerprint density at radius 2 is 1.91 bits per heavy atom. The average molecular weight is 301 g/mol. The van der Waals surface area contributed by atoms with Gasteiger partial charge in [-0.05, 0) is 52.4 Å². The molecule has 4 aromatic rings. The molecule has 0 spiro atoms. The highest BCUT2D eigenvalue weighted by molar-refractivity contribution is 5.86. The lowest BCUT2D eigenvalue weighted by Gasteiger charge is -2.07. The maximum absolute atomic E-state index is 11.8. The van der Waals surface area contributed by atoms with Crippen molar-refractivity contribution in [2.24, 2.45) is 0 Å². The molecule has 4 heteroatoms. The molecule has 2 aromatic heterocycles. The molecule has 0 aliphatic rings. The molecule has 0 unspecified atom stereocenters. The highest BCUT2D eigenvalue weighted by Crippen LogP contribution is 2.24. The number of hydrogen-bond donors (Lipinski definition) is 1. The fourth-order valence-corrected chi connectivity index (χ4v) is 2.80. The van der Waals surface area contributed by atoms with Gasteiger partial charge in [0.2, 0.25) is 0 Å². The third-order valence-electron chi connectivity index (χ3n) is 3.94.